The molecule has 0 nitrogen and oxygen atoms in total. The molecule has 0 bridgehead atoms. The van der Waals surface area contributed by atoms with Crippen LogP contribution >= 0.6 is 17.0 Å². The predicted molar refractivity (Wildman–Crippen MR) is 183 cm³/mol. The van der Waals surface area contributed by atoms with Crippen LogP contribution < -0.4 is 0 Å². The van der Waals surface area contributed by atoms with Crippen LogP contribution in [0.2, 0.25) is 13.1 Å². The molecule has 4 heteroatoms. The van der Waals surface area contributed by atoms with Crippen LogP contribution in [-0.2, 0) is 46.5 Å². The number of aryl methyl sites for hydroxylation is 4. The Bertz CT molecular complexity index is 1120. The number of halogens is 2. The van der Waals surface area contributed by atoms with Gasteiger partial charge < -0.3 is 0 Å². The standard InChI is InChI=1S/2C17H21.C2H6Si.2ClH.Zr/c2*1-3-5-6-7-9-15-10-8-11-16-12-14(4-2)13-17(15)16;1-3-2;;;/h2*3,8,10-13H,1,4-7,9H2,2H3;1-2H3;2*1H;/q2*-1;;;;+4/p-2. The van der Waals surface area contributed by atoms with E-state index < -0.39 is 20.8 Å². The van der Waals surface area contributed by atoms with Gasteiger partial charge >= 0.3 is 37.9 Å². The van der Waals surface area contributed by atoms with Crippen LogP contribution in [0.4, 0.5) is 0 Å². The maximum atomic E-state index is 4.93. The molecule has 0 saturated carbocycles. The van der Waals surface area contributed by atoms with Crippen molar-refractivity contribution in [3.8, 4) is 0 Å². The number of benzene rings is 2. The number of rotatable bonds is 12. The molecule has 4 rings (SSSR count). The Morgan fingerprint density at radius 2 is 1.10 bits per heavy atom. The van der Waals surface area contributed by atoms with Gasteiger partial charge in [-0.1, -0.05) is 62.4 Å². The minimum atomic E-state index is -0.826. The van der Waals surface area contributed by atoms with E-state index in [2.05, 4.69) is 101 Å². The molecule has 0 unspecified atom stereocenters. The first-order valence-corrected chi connectivity index (χ1v) is 23.0. The van der Waals surface area contributed by atoms with Crippen LogP contribution in [0.15, 0.2) is 86.0 Å². The second-order valence-electron chi connectivity index (χ2n) is 9.91. The van der Waals surface area contributed by atoms with Gasteiger partial charge in [0.05, 0.1) is 0 Å². The van der Waals surface area contributed by atoms with Gasteiger partial charge in [-0.25, -0.2) is 0 Å². The first kappa shape index (κ1) is 36.8. The van der Waals surface area contributed by atoms with Crippen LogP contribution in [0.1, 0.15) is 74.6 Å². The first-order valence-electron chi connectivity index (χ1n) is 14.6. The number of fused-ring (bicyclic) bond motifs is 2. The molecule has 2 radical (unpaired) electrons. The molecular formula is C36H48Cl2SiZr. The van der Waals surface area contributed by atoms with Crippen LogP contribution in [0.25, 0.3) is 21.5 Å². The van der Waals surface area contributed by atoms with Crippen molar-refractivity contribution in [2.24, 2.45) is 0 Å². The van der Waals surface area contributed by atoms with Gasteiger partial charge in [-0.2, -0.15) is 12.1 Å². The summed E-state index contributed by atoms with van der Waals surface area (Å²) in [6.45, 7) is 16.3. The molecule has 40 heavy (non-hydrogen) atoms. The molecular weight excluding hydrogens is 623 g/mol. The Morgan fingerprint density at radius 1 is 0.725 bits per heavy atom. The molecule has 0 amide bonds. The third-order valence-corrected chi connectivity index (χ3v) is 6.83. The van der Waals surface area contributed by atoms with Crippen LogP contribution in [0.3, 0.4) is 0 Å². The zero-order valence-electron chi connectivity index (χ0n) is 25.2. The van der Waals surface area contributed by atoms with Crippen LogP contribution in [0.5, 0.6) is 0 Å². The molecule has 0 aromatic heterocycles. The van der Waals surface area contributed by atoms with Gasteiger partial charge in [-0.15, -0.1) is 82.2 Å². The van der Waals surface area contributed by atoms with Crippen molar-refractivity contribution in [3.63, 3.8) is 0 Å². The molecule has 4 aromatic rings. The van der Waals surface area contributed by atoms with Gasteiger partial charge in [0.2, 0.25) is 0 Å². The zero-order valence-corrected chi connectivity index (χ0v) is 30.1. The van der Waals surface area contributed by atoms with E-state index in [1.807, 2.05) is 12.2 Å². The number of unbranched alkanes of at least 4 members (excludes halogenated alkanes) is 4. The maximum absolute atomic E-state index is 4.93. The predicted octanol–water partition coefficient (Wildman–Crippen LogP) is 12.2. The summed E-state index contributed by atoms with van der Waals surface area (Å²) in [5, 5.41) is 5.73. The molecule has 0 spiro atoms. The van der Waals surface area contributed by atoms with Crippen LogP contribution in [0, 0.1) is 0 Å². The number of hydrogen-bond acceptors (Lipinski definition) is 0. The summed E-state index contributed by atoms with van der Waals surface area (Å²) in [6, 6.07) is 22.7. The average molecular weight is 671 g/mol. The first-order chi connectivity index (χ1) is 19.5. The van der Waals surface area contributed by atoms with E-state index in [1.165, 1.54) is 82.3 Å². The fourth-order valence-electron chi connectivity index (χ4n) is 4.78. The van der Waals surface area contributed by atoms with Gasteiger partial charge in [0, 0.05) is 9.52 Å². The summed E-state index contributed by atoms with van der Waals surface area (Å²) in [5.41, 5.74) is 5.93. The average Bonchev–Trinajstić information content (AvgIpc) is 3.59. The summed E-state index contributed by atoms with van der Waals surface area (Å²) in [5.74, 6) is 0. The van der Waals surface area contributed by atoms with E-state index in [1.54, 1.807) is 0 Å². The third kappa shape index (κ3) is 13.7. The van der Waals surface area contributed by atoms with Gasteiger partial charge in [0.1, 0.15) is 0 Å². The van der Waals surface area contributed by atoms with Crippen LogP contribution in [-0.4, -0.2) is 9.52 Å². The molecule has 0 saturated heterocycles. The van der Waals surface area contributed by atoms with Crippen molar-refractivity contribution in [3.05, 3.63) is 108 Å². The van der Waals surface area contributed by atoms with E-state index in [4.69, 9.17) is 17.0 Å². The van der Waals surface area contributed by atoms with Crippen molar-refractivity contribution in [1.82, 2.24) is 0 Å². The Hall–Kier alpha value is -1.18. The fraction of sp³-hybridized carbons (Fsp3) is 0.389. The molecule has 214 valence electrons. The second kappa shape index (κ2) is 23.4. The molecule has 0 N–H and O–H groups in total. The molecule has 0 heterocycles. The van der Waals surface area contributed by atoms with Crippen molar-refractivity contribution in [2.45, 2.75) is 91.1 Å². The van der Waals surface area contributed by atoms with Crippen molar-refractivity contribution < 1.29 is 20.8 Å². The van der Waals surface area contributed by atoms with E-state index in [-0.39, 0.29) is 0 Å². The molecule has 0 aliphatic carbocycles. The second-order valence-corrected chi connectivity index (χ2v) is 14.6. The topological polar surface area (TPSA) is 0 Å². The Labute approximate surface area is 266 Å². The van der Waals surface area contributed by atoms with Crippen molar-refractivity contribution in [1.29, 1.82) is 0 Å². The normalized spacial score (nSPS) is 9.95. The molecule has 0 fully saturated rings. The summed E-state index contributed by atoms with van der Waals surface area (Å²) in [6.07, 6.45) is 16.0. The minimum absolute atomic E-state index is 0.826. The summed E-state index contributed by atoms with van der Waals surface area (Å²) in [7, 11) is 11.0. The van der Waals surface area contributed by atoms with E-state index in [0.717, 1.165) is 35.2 Å². The van der Waals surface area contributed by atoms with Crippen molar-refractivity contribution in [2.75, 3.05) is 0 Å². The summed E-state index contributed by atoms with van der Waals surface area (Å²) >= 11 is -0.826. The van der Waals surface area contributed by atoms with E-state index in [0.29, 0.717) is 0 Å². The van der Waals surface area contributed by atoms with Gasteiger partial charge in [0.15, 0.2) is 0 Å². The quantitative estimate of drug-likeness (QED) is 0.0609. The monoisotopic (exact) mass is 668 g/mol. The summed E-state index contributed by atoms with van der Waals surface area (Å²) in [4.78, 5) is 0. The number of allylic oxidation sites excluding steroid dienone is 2. The van der Waals surface area contributed by atoms with E-state index in [9.17, 15) is 0 Å². The summed E-state index contributed by atoms with van der Waals surface area (Å²) < 4.78 is 0. The Kier molecular flexibility index (Phi) is 21.5. The third-order valence-electron chi connectivity index (χ3n) is 6.83. The van der Waals surface area contributed by atoms with Crippen molar-refractivity contribution >= 4 is 48.1 Å². The molecule has 0 atom stereocenters. The molecule has 0 aliphatic heterocycles. The SMILES string of the molecule is C=CCCCCc1cccc2[cH-]c(CC)cc12.C=CCCCCc1cccc2[cH-]c(CC)cc12.C[Si]C.[Cl][Zr+2][Cl]. The Balaban J connectivity index is 0.000000335. The zero-order chi connectivity index (χ0) is 29.6. The molecule has 0 aliphatic rings. The molecule has 4 aromatic carbocycles. The fourth-order valence-corrected chi connectivity index (χ4v) is 4.78. The van der Waals surface area contributed by atoms with Gasteiger partial charge in [0.25, 0.3) is 0 Å². The number of hydrogen-bond donors (Lipinski definition) is 0. The Morgan fingerprint density at radius 3 is 1.43 bits per heavy atom. The van der Waals surface area contributed by atoms with Gasteiger partial charge in [-0.3, -0.25) is 0 Å². The van der Waals surface area contributed by atoms with Gasteiger partial charge in [-0.05, 0) is 64.2 Å². The van der Waals surface area contributed by atoms with E-state index >= 15 is 0 Å².